The van der Waals surface area contributed by atoms with E-state index in [2.05, 4.69) is 10.3 Å². The molecule has 0 saturated heterocycles. The average molecular weight is 404 g/mol. The molecule has 140 valence electrons. The van der Waals surface area contributed by atoms with Crippen LogP contribution in [0.25, 0.3) is 10.2 Å². The first-order valence-electron chi connectivity index (χ1n) is 8.74. The van der Waals surface area contributed by atoms with Crippen molar-refractivity contribution in [2.24, 2.45) is 0 Å². The van der Waals surface area contributed by atoms with Gasteiger partial charge in [-0.2, -0.15) is 0 Å². The fourth-order valence-corrected chi connectivity index (χ4v) is 4.47. The number of thiophene rings is 1. The Morgan fingerprint density at radius 2 is 2.15 bits per heavy atom. The fourth-order valence-electron chi connectivity index (χ4n) is 3.24. The maximum atomic E-state index is 12.7. The molecular formula is C19H18ClN3O3S. The highest BCUT2D eigenvalue weighted by Gasteiger charge is 2.23. The highest BCUT2D eigenvalue weighted by molar-refractivity contribution is 7.20. The molecule has 1 aliphatic rings. The molecule has 1 aliphatic heterocycles. The molecule has 0 unspecified atom stereocenters. The molecule has 4 rings (SSSR count). The summed E-state index contributed by atoms with van der Waals surface area (Å²) in [5.74, 6) is 1.30. The minimum atomic E-state index is -0.209. The molecule has 0 atom stereocenters. The third kappa shape index (κ3) is 3.44. The number of aryl methyl sites for hydroxylation is 2. The number of hydrogen-bond acceptors (Lipinski definition) is 5. The van der Waals surface area contributed by atoms with Crippen molar-refractivity contribution in [3.05, 3.63) is 55.9 Å². The van der Waals surface area contributed by atoms with Gasteiger partial charge in [0.2, 0.25) is 0 Å². The van der Waals surface area contributed by atoms with Crippen molar-refractivity contribution in [2.45, 2.75) is 26.3 Å². The SMILES string of the molecule is Cc1c(C(=O)NCCOc2ccc(Cl)cc2)sc2nc3n(c(=O)c12)CCC3. The van der Waals surface area contributed by atoms with Crippen LogP contribution < -0.4 is 15.6 Å². The molecule has 0 bridgehead atoms. The normalized spacial score (nSPS) is 13.0. The summed E-state index contributed by atoms with van der Waals surface area (Å²) in [6, 6.07) is 7.05. The Balaban J connectivity index is 1.45. The number of fused-ring (bicyclic) bond motifs is 2. The van der Waals surface area contributed by atoms with Crippen LogP contribution in [-0.4, -0.2) is 28.6 Å². The summed E-state index contributed by atoms with van der Waals surface area (Å²) in [7, 11) is 0. The first-order chi connectivity index (χ1) is 13.0. The molecule has 2 aromatic heterocycles. The Bertz CT molecular complexity index is 1070. The second kappa shape index (κ2) is 7.32. The molecule has 27 heavy (non-hydrogen) atoms. The van der Waals surface area contributed by atoms with Crippen molar-refractivity contribution in [3.8, 4) is 5.75 Å². The molecule has 0 radical (unpaired) electrons. The lowest BCUT2D eigenvalue weighted by molar-refractivity contribution is 0.0950. The maximum absolute atomic E-state index is 12.7. The van der Waals surface area contributed by atoms with Crippen LogP contribution in [-0.2, 0) is 13.0 Å². The predicted molar refractivity (Wildman–Crippen MR) is 106 cm³/mol. The molecule has 6 nitrogen and oxygen atoms in total. The van der Waals surface area contributed by atoms with Gasteiger partial charge in [0, 0.05) is 18.0 Å². The monoisotopic (exact) mass is 403 g/mol. The fraction of sp³-hybridized carbons (Fsp3) is 0.316. The van der Waals surface area contributed by atoms with Gasteiger partial charge in [0.25, 0.3) is 11.5 Å². The van der Waals surface area contributed by atoms with Gasteiger partial charge in [0.1, 0.15) is 23.0 Å². The van der Waals surface area contributed by atoms with Crippen LogP contribution in [0.5, 0.6) is 5.75 Å². The van der Waals surface area contributed by atoms with Gasteiger partial charge in [-0.05, 0) is 43.2 Å². The van der Waals surface area contributed by atoms with Crippen LogP contribution >= 0.6 is 22.9 Å². The number of rotatable bonds is 5. The minimum absolute atomic E-state index is 0.0358. The number of amides is 1. The number of aromatic nitrogens is 2. The lowest BCUT2D eigenvalue weighted by atomic mass is 10.2. The smallest absolute Gasteiger partial charge is 0.262 e. The summed E-state index contributed by atoms with van der Waals surface area (Å²) in [4.78, 5) is 31.0. The molecule has 3 aromatic rings. The molecule has 0 saturated carbocycles. The number of hydrogen-bond donors (Lipinski definition) is 1. The van der Waals surface area contributed by atoms with Crippen molar-refractivity contribution in [3.63, 3.8) is 0 Å². The highest BCUT2D eigenvalue weighted by Crippen LogP contribution is 2.28. The summed E-state index contributed by atoms with van der Waals surface area (Å²) >= 11 is 7.11. The van der Waals surface area contributed by atoms with Gasteiger partial charge in [0.05, 0.1) is 16.8 Å². The second-order valence-corrected chi connectivity index (χ2v) is 7.82. The van der Waals surface area contributed by atoms with E-state index >= 15 is 0 Å². The lowest BCUT2D eigenvalue weighted by Gasteiger charge is -2.07. The van der Waals surface area contributed by atoms with Gasteiger partial charge < -0.3 is 10.1 Å². The van der Waals surface area contributed by atoms with E-state index in [1.165, 1.54) is 11.3 Å². The van der Waals surface area contributed by atoms with Crippen LogP contribution in [0, 0.1) is 6.92 Å². The first-order valence-corrected chi connectivity index (χ1v) is 9.93. The molecule has 1 amide bonds. The summed E-state index contributed by atoms with van der Waals surface area (Å²) in [6.45, 7) is 3.21. The van der Waals surface area contributed by atoms with Gasteiger partial charge in [-0.3, -0.25) is 14.2 Å². The van der Waals surface area contributed by atoms with E-state index in [-0.39, 0.29) is 11.5 Å². The van der Waals surface area contributed by atoms with Crippen LogP contribution in [0.1, 0.15) is 27.5 Å². The number of benzene rings is 1. The van der Waals surface area contributed by atoms with Crippen LogP contribution in [0.15, 0.2) is 29.1 Å². The third-order valence-corrected chi connectivity index (χ3v) is 6.02. The molecule has 0 spiro atoms. The van der Waals surface area contributed by atoms with E-state index < -0.39 is 0 Å². The first kappa shape index (κ1) is 18.0. The molecule has 1 aromatic carbocycles. The van der Waals surface area contributed by atoms with E-state index in [9.17, 15) is 9.59 Å². The zero-order valence-corrected chi connectivity index (χ0v) is 16.3. The van der Waals surface area contributed by atoms with Crippen LogP contribution in [0.3, 0.4) is 0 Å². The number of nitrogens with zero attached hydrogens (tertiary/aromatic N) is 2. The van der Waals surface area contributed by atoms with Gasteiger partial charge >= 0.3 is 0 Å². The molecular weight excluding hydrogens is 386 g/mol. The average Bonchev–Trinajstić information content (AvgIpc) is 3.25. The summed E-state index contributed by atoms with van der Waals surface area (Å²) in [5, 5.41) is 4.05. The molecule has 0 aliphatic carbocycles. The molecule has 3 heterocycles. The number of carbonyl (C=O) groups excluding carboxylic acids is 1. The van der Waals surface area contributed by atoms with Crippen molar-refractivity contribution in [2.75, 3.05) is 13.2 Å². The highest BCUT2D eigenvalue weighted by atomic mass is 35.5. The quantitative estimate of drug-likeness (QED) is 0.664. The lowest BCUT2D eigenvalue weighted by Crippen LogP contribution is -2.28. The summed E-state index contributed by atoms with van der Waals surface area (Å²) in [6.07, 6.45) is 1.76. The van der Waals surface area contributed by atoms with E-state index in [1.54, 1.807) is 28.8 Å². The zero-order valence-electron chi connectivity index (χ0n) is 14.8. The van der Waals surface area contributed by atoms with Gasteiger partial charge in [0.15, 0.2) is 0 Å². The Morgan fingerprint density at radius 1 is 1.37 bits per heavy atom. The van der Waals surface area contributed by atoms with Crippen molar-refractivity contribution in [1.82, 2.24) is 14.9 Å². The van der Waals surface area contributed by atoms with Gasteiger partial charge in [-0.15, -0.1) is 11.3 Å². The van der Waals surface area contributed by atoms with Crippen molar-refractivity contribution in [1.29, 1.82) is 0 Å². The Hall–Kier alpha value is -2.38. The van der Waals surface area contributed by atoms with Gasteiger partial charge in [-0.1, -0.05) is 11.6 Å². The van der Waals surface area contributed by atoms with E-state index in [0.29, 0.717) is 51.1 Å². The molecule has 8 heteroatoms. The summed E-state index contributed by atoms with van der Waals surface area (Å²) in [5.41, 5.74) is 0.664. The van der Waals surface area contributed by atoms with Crippen LogP contribution in [0.4, 0.5) is 0 Å². The van der Waals surface area contributed by atoms with E-state index in [1.807, 2.05) is 6.92 Å². The topological polar surface area (TPSA) is 73.2 Å². The maximum Gasteiger partial charge on any atom is 0.262 e. The van der Waals surface area contributed by atoms with Crippen molar-refractivity contribution >= 4 is 39.1 Å². The zero-order chi connectivity index (χ0) is 19.0. The number of halogens is 1. The Kier molecular flexibility index (Phi) is 4.88. The van der Waals surface area contributed by atoms with Crippen molar-refractivity contribution < 1.29 is 9.53 Å². The predicted octanol–water partition coefficient (Wildman–Crippen LogP) is 3.17. The molecule has 0 fully saturated rings. The summed E-state index contributed by atoms with van der Waals surface area (Å²) < 4.78 is 7.30. The standard InChI is InChI=1S/C19H18ClN3O3S/c1-11-15-18(22-14-3-2-9-23(14)19(15)25)27-16(11)17(24)21-8-10-26-13-6-4-12(20)5-7-13/h4-7H,2-3,8-10H2,1H3,(H,21,24). The van der Waals surface area contributed by atoms with Crippen LogP contribution in [0.2, 0.25) is 5.02 Å². The number of nitrogens with one attached hydrogen (secondary N) is 1. The van der Waals surface area contributed by atoms with Gasteiger partial charge in [-0.25, -0.2) is 4.98 Å². The Morgan fingerprint density at radius 3 is 2.93 bits per heavy atom. The number of ether oxygens (including phenoxy) is 1. The number of carbonyl (C=O) groups is 1. The second-order valence-electron chi connectivity index (χ2n) is 6.38. The Labute approximate surface area is 164 Å². The third-order valence-electron chi connectivity index (χ3n) is 4.59. The van der Waals surface area contributed by atoms with E-state index in [0.717, 1.165) is 18.7 Å². The largest absolute Gasteiger partial charge is 0.492 e. The van der Waals surface area contributed by atoms with E-state index in [4.69, 9.17) is 16.3 Å². The molecule has 1 N–H and O–H groups in total. The minimum Gasteiger partial charge on any atom is -0.492 e.